The van der Waals surface area contributed by atoms with Gasteiger partial charge in [-0.3, -0.25) is 9.69 Å². The zero-order valence-electron chi connectivity index (χ0n) is 16.3. The number of aryl methyl sites for hydroxylation is 2. The summed E-state index contributed by atoms with van der Waals surface area (Å²) in [5.74, 6) is 1.16. The van der Waals surface area contributed by atoms with Crippen LogP contribution in [0.4, 0.5) is 0 Å². The molecule has 1 aliphatic heterocycles. The van der Waals surface area contributed by atoms with Crippen molar-refractivity contribution in [1.29, 1.82) is 0 Å². The molecule has 2 heterocycles. The standard InChI is InChI=1S/C21H28N2O2S/c1-14-10-17(11-15(2)20(14)25-5)12-22(4)16(3)21(24)23-8-6-19-18(13-23)7-9-26-19/h7,9-11,16H,6,8,12-13H2,1-5H3. The monoisotopic (exact) mass is 372 g/mol. The molecule has 0 spiro atoms. The topological polar surface area (TPSA) is 32.8 Å². The summed E-state index contributed by atoms with van der Waals surface area (Å²) in [5, 5.41) is 2.13. The molecule has 0 N–H and O–H groups in total. The minimum atomic E-state index is -0.141. The third kappa shape index (κ3) is 3.79. The number of hydrogen-bond acceptors (Lipinski definition) is 4. The SMILES string of the molecule is COc1c(C)cc(CN(C)C(C)C(=O)N2CCc3sccc3C2)cc1C. The highest BCUT2D eigenvalue weighted by Gasteiger charge is 2.27. The van der Waals surface area contributed by atoms with Gasteiger partial charge < -0.3 is 9.64 Å². The van der Waals surface area contributed by atoms with Gasteiger partial charge >= 0.3 is 0 Å². The smallest absolute Gasteiger partial charge is 0.239 e. The van der Waals surface area contributed by atoms with Crippen LogP contribution in [0.5, 0.6) is 5.75 Å². The Morgan fingerprint density at radius 2 is 2.04 bits per heavy atom. The van der Waals surface area contributed by atoms with Crippen LogP contribution >= 0.6 is 11.3 Å². The molecule has 1 aromatic heterocycles. The fourth-order valence-electron chi connectivity index (χ4n) is 3.77. The van der Waals surface area contributed by atoms with Crippen LogP contribution in [-0.2, 0) is 24.3 Å². The summed E-state index contributed by atoms with van der Waals surface area (Å²) in [6, 6.07) is 6.31. The fourth-order valence-corrected chi connectivity index (χ4v) is 4.66. The van der Waals surface area contributed by atoms with Crippen molar-refractivity contribution in [3.63, 3.8) is 0 Å². The molecule has 0 aliphatic carbocycles. The molecule has 1 aromatic carbocycles. The van der Waals surface area contributed by atoms with Crippen molar-refractivity contribution < 1.29 is 9.53 Å². The van der Waals surface area contributed by atoms with Crippen LogP contribution in [0.1, 0.15) is 34.1 Å². The highest BCUT2D eigenvalue weighted by atomic mass is 32.1. The van der Waals surface area contributed by atoms with E-state index in [1.165, 1.54) is 16.0 Å². The molecule has 1 atom stereocenters. The second-order valence-electron chi connectivity index (χ2n) is 7.23. The normalized spacial score (nSPS) is 15.1. The quantitative estimate of drug-likeness (QED) is 0.801. The number of ether oxygens (including phenoxy) is 1. The van der Waals surface area contributed by atoms with Crippen molar-refractivity contribution in [1.82, 2.24) is 9.80 Å². The molecule has 5 heteroatoms. The molecule has 1 amide bonds. The first-order valence-electron chi connectivity index (χ1n) is 9.09. The van der Waals surface area contributed by atoms with Gasteiger partial charge in [-0.1, -0.05) is 12.1 Å². The first kappa shape index (κ1) is 18.9. The number of nitrogens with zero attached hydrogens (tertiary/aromatic N) is 2. The first-order valence-corrected chi connectivity index (χ1v) is 9.97. The van der Waals surface area contributed by atoms with Crippen LogP contribution in [0.2, 0.25) is 0 Å². The van der Waals surface area contributed by atoms with Gasteiger partial charge in [0.1, 0.15) is 5.75 Å². The highest BCUT2D eigenvalue weighted by Crippen LogP contribution is 2.26. The van der Waals surface area contributed by atoms with Crippen LogP contribution in [0.3, 0.4) is 0 Å². The number of rotatable bonds is 5. The van der Waals surface area contributed by atoms with Crippen LogP contribution < -0.4 is 4.74 Å². The van der Waals surface area contributed by atoms with Gasteiger partial charge in [0.2, 0.25) is 5.91 Å². The number of methoxy groups -OCH3 is 1. The molecule has 0 saturated carbocycles. The average Bonchev–Trinajstić information content (AvgIpc) is 3.07. The van der Waals surface area contributed by atoms with Crippen molar-refractivity contribution in [2.45, 2.75) is 46.3 Å². The van der Waals surface area contributed by atoms with Crippen molar-refractivity contribution >= 4 is 17.2 Å². The maximum absolute atomic E-state index is 13.0. The number of benzene rings is 1. The second kappa shape index (κ2) is 7.80. The second-order valence-corrected chi connectivity index (χ2v) is 8.23. The van der Waals surface area contributed by atoms with Crippen LogP contribution in [0, 0.1) is 13.8 Å². The Morgan fingerprint density at radius 1 is 1.35 bits per heavy atom. The van der Waals surface area contributed by atoms with Crippen molar-refractivity contribution in [2.24, 2.45) is 0 Å². The Bertz CT molecular complexity index is 776. The lowest BCUT2D eigenvalue weighted by atomic mass is 10.0. The molecule has 0 saturated heterocycles. The lowest BCUT2D eigenvalue weighted by Gasteiger charge is -2.33. The summed E-state index contributed by atoms with van der Waals surface area (Å²) >= 11 is 1.80. The maximum Gasteiger partial charge on any atom is 0.239 e. The third-order valence-corrected chi connectivity index (χ3v) is 6.32. The summed E-state index contributed by atoms with van der Waals surface area (Å²) in [7, 11) is 3.73. The molecule has 1 unspecified atom stereocenters. The predicted octanol–water partition coefficient (Wildman–Crippen LogP) is 3.78. The Morgan fingerprint density at radius 3 is 2.69 bits per heavy atom. The molecule has 26 heavy (non-hydrogen) atoms. The molecule has 0 radical (unpaired) electrons. The predicted molar refractivity (Wildman–Crippen MR) is 107 cm³/mol. The summed E-state index contributed by atoms with van der Waals surface area (Å²) in [6.07, 6.45) is 0.978. The van der Waals surface area contributed by atoms with E-state index < -0.39 is 0 Å². The van der Waals surface area contributed by atoms with E-state index >= 15 is 0 Å². The lowest BCUT2D eigenvalue weighted by molar-refractivity contribution is -0.137. The minimum absolute atomic E-state index is 0.141. The molecule has 1 aliphatic rings. The summed E-state index contributed by atoms with van der Waals surface area (Å²) in [6.45, 7) is 8.46. The fraction of sp³-hybridized carbons (Fsp3) is 0.476. The Balaban J connectivity index is 1.66. The minimum Gasteiger partial charge on any atom is -0.496 e. The van der Waals surface area contributed by atoms with Gasteiger partial charge in [0.25, 0.3) is 0 Å². The zero-order chi connectivity index (χ0) is 18.8. The van der Waals surface area contributed by atoms with E-state index in [1.807, 2.05) is 18.9 Å². The number of amides is 1. The molecule has 140 valence electrons. The van der Waals surface area contributed by atoms with E-state index in [4.69, 9.17) is 4.74 Å². The molecule has 0 fully saturated rings. The van der Waals surface area contributed by atoms with E-state index in [1.54, 1.807) is 18.4 Å². The Hall–Kier alpha value is -1.85. The summed E-state index contributed by atoms with van der Waals surface area (Å²) < 4.78 is 5.45. The van der Waals surface area contributed by atoms with Gasteiger partial charge in [-0.25, -0.2) is 0 Å². The number of fused-ring (bicyclic) bond motifs is 1. The van der Waals surface area contributed by atoms with Crippen LogP contribution in [0.25, 0.3) is 0 Å². The Labute approximate surface area is 160 Å². The molecule has 2 aromatic rings. The van der Waals surface area contributed by atoms with Gasteiger partial charge in [-0.2, -0.15) is 0 Å². The van der Waals surface area contributed by atoms with Gasteiger partial charge in [0.05, 0.1) is 13.2 Å². The van der Waals surface area contributed by atoms with Crippen LogP contribution in [0.15, 0.2) is 23.6 Å². The van der Waals surface area contributed by atoms with Gasteiger partial charge in [-0.15, -0.1) is 11.3 Å². The van der Waals surface area contributed by atoms with E-state index in [0.717, 1.165) is 42.9 Å². The van der Waals surface area contributed by atoms with Gasteiger partial charge in [0, 0.05) is 24.5 Å². The highest BCUT2D eigenvalue weighted by molar-refractivity contribution is 7.10. The van der Waals surface area contributed by atoms with Gasteiger partial charge in [-0.05, 0) is 67.9 Å². The van der Waals surface area contributed by atoms with Crippen molar-refractivity contribution in [2.75, 3.05) is 20.7 Å². The third-order valence-electron chi connectivity index (χ3n) is 5.29. The van der Waals surface area contributed by atoms with Crippen LogP contribution in [-0.4, -0.2) is 42.5 Å². The molecular weight excluding hydrogens is 344 g/mol. The molecule has 0 bridgehead atoms. The molecule has 4 nitrogen and oxygen atoms in total. The lowest BCUT2D eigenvalue weighted by Crippen LogP contribution is -2.46. The number of likely N-dealkylation sites (N-methyl/N-ethyl adjacent to an activating group) is 1. The number of carbonyl (C=O) groups is 1. The van der Waals surface area contributed by atoms with Crippen molar-refractivity contribution in [3.05, 3.63) is 50.7 Å². The number of carbonyl (C=O) groups excluding carboxylic acids is 1. The average molecular weight is 373 g/mol. The molecular formula is C21H28N2O2S. The van der Waals surface area contributed by atoms with E-state index in [-0.39, 0.29) is 11.9 Å². The first-order chi connectivity index (χ1) is 12.4. The van der Waals surface area contributed by atoms with E-state index in [2.05, 4.69) is 42.3 Å². The number of hydrogen-bond donors (Lipinski definition) is 0. The number of thiophene rings is 1. The largest absolute Gasteiger partial charge is 0.496 e. The zero-order valence-corrected chi connectivity index (χ0v) is 17.2. The van der Waals surface area contributed by atoms with E-state index in [9.17, 15) is 4.79 Å². The summed E-state index contributed by atoms with van der Waals surface area (Å²) in [5.41, 5.74) is 4.79. The maximum atomic E-state index is 13.0. The molecule has 3 rings (SSSR count). The summed E-state index contributed by atoms with van der Waals surface area (Å²) in [4.78, 5) is 18.5. The Kier molecular flexibility index (Phi) is 5.68. The van der Waals surface area contributed by atoms with E-state index in [0.29, 0.717) is 0 Å². The van der Waals surface area contributed by atoms with Crippen molar-refractivity contribution in [3.8, 4) is 5.75 Å². The van der Waals surface area contributed by atoms with Gasteiger partial charge in [0.15, 0.2) is 0 Å².